The average molecular weight is 296 g/mol. The number of carbonyl (C=O) groups is 1. The van der Waals surface area contributed by atoms with Gasteiger partial charge in [0.1, 0.15) is 0 Å². The largest absolute Gasteiger partial charge is 0.399 e. The molecule has 0 radical (unpaired) electrons. The Balaban J connectivity index is 2.18. The Kier molecular flexibility index (Phi) is 4.43. The van der Waals surface area contributed by atoms with Crippen LogP contribution in [-0.2, 0) is 0 Å². The van der Waals surface area contributed by atoms with Crippen LogP contribution in [0.15, 0.2) is 12.1 Å². The molecule has 0 spiro atoms. The molecule has 0 bridgehead atoms. The summed E-state index contributed by atoms with van der Waals surface area (Å²) in [6.07, 6.45) is 6.22. The third-order valence-electron chi connectivity index (χ3n) is 4.13. The van der Waals surface area contributed by atoms with Gasteiger partial charge < -0.3 is 16.8 Å². The predicted molar refractivity (Wildman–Crippen MR) is 84.1 cm³/mol. The van der Waals surface area contributed by atoms with E-state index in [0.717, 1.165) is 6.54 Å². The fourth-order valence-corrected chi connectivity index (χ4v) is 3.18. The second kappa shape index (κ2) is 5.92. The molecule has 0 unspecified atom stereocenters. The predicted octanol–water partition coefficient (Wildman–Crippen LogP) is 3.40. The third kappa shape index (κ3) is 3.37. The molecule has 0 saturated heterocycles. The van der Waals surface area contributed by atoms with Crippen molar-refractivity contribution in [1.82, 2.24) is 0 Å². The highest BCUT2D eigenvalue weighted by molar-refractivity contribution is 6.34. The van der Waals surface area contributed by atoms with Crippen molar-refractivity contribution in [1.29, 1.82) is 0 Å². The van der Waals surface area contributed by atoms with Crippen molar-refractivity contribution in [3.8, 4) is 0 Å². The van der Waals surface area contributed by atoms with Crippen LogP contribution in [0.1, 0.15) is 49.4 Å². The number of benzene rings is 1. The molecule has 1 saturated carbocycles. The summed E-state index contributed by atoms with van der Waals surface area (Å²) in [7, 11) is 0. The van der Waals surface area contributed by atoms with Crippen molar-refractivity contribution in [2.24, 2.45) is 11.1 Å². The van der Waals surface area contributed by atoms with Gasteiger partial charge in [-0.25, -0.2) is 0 Å². The van der Waals surface area contributed by atoms with Crippen LogP contribution in [0.2, 0.25) is 5.02 Å². The smallest absolute Gasteiger partial charge is 0.250 e. The van der Waals surface area contributed by atoms with Crippen LogP contribution in [-0.4, -0.2) is 12.5 Å². The first-order chi connectivity index (χ1) is 9.41. The number of carbonyl (C=O) groups excluding carboxylic acids is 1. The fraction of sp³-hybridized carbons (Fsp3) is 0.533. The number of hydrogen-bond acceptors (Lipinski definition) is 3. The normalized spacial score (nSPS) is 17.7. The zero-order valence-corrected chi connectivity index (χ0v) is 12.6. The van der Waals surface area contributed by atoms with E-state index < -0.39 is 5.91 Å². The quantitative estimate of drug-likeness (QED) is 0.745. The van der Waals surface area contributed by atoms with E-state index in [1.165, 1.54) is 32.1 Å². The lowest BCUT2D eigenvalue weighted by molar-refractivity contribution is 0.100. The number of nitrogens with one attached hydrogen (secondary N) is 1. The molecule has 20 heavy (non-hydrogen) atoms. The number of anilines is 2. The van der Waals surface area contributed by atoms with Gasteiger partial charge in [-0.2, -0.15) is 0 Å². The molecule has 4 nitrogen and oxygen atoms in total. The Hall–Kier alpha value is -1.42. The summed E-state index contributed by atoms with van der Waals surface area (Å²) in [5, 5.41) is 3.75. The number of rotatable bonds is 4. The van der Waals surface area contributed by atoms with Gasteiger partial charge >= 0.3 is 0 Å². The molecule has 2 rings (SSSR count). The highest BCUT2D eigenvalue weighted by atomic mass is 35.5. The monoisotopic (exact) mass is 295 g/mol. The number of halogens is 1. The van der Waals surface area contributed by atoms with Gasteiger partial charge in [0.05, 0.1) is 16.3 Å². The van der Waals surface area contributed by atoms with E-state index in [4.69, 9.17) is 23.1 Å². The van der Waals surface area contributed by atoms with Gasteiger partial charge in [0, 0.05) is 12.2 Å². The maximum Gasteiger partial charge on any atom is 0.250 e. The second-order valence-corrected chi connectivity index (χ2v) is 6.42. The van der Waals surface area contributed by atoms with E-state index in [-0.39, 0.29) is 5.41 Å². The van der Waals surface area contributed by atoms with Crippen molar-refractivity contribution in [2.45, 2.75) is 39.0 Å². The van der Waals surface area contributed by atoms with E-state index in [1.54, 1.807) is 12.1 Å². The fourth-order valence-electron chi connectivity index (χ4n) is 2.89. The van der Waals surface area contributed by atoms with Crippen molar-refractivity contribution >= 4 is 28.9 Å². The Morgan fingerprint density at radius 3 is 2.60 bits per heavy atom. The van der Waals surface area contributed by atoms with Crippen LogP contribution in [0.25, 0.3) is 0 Å². The summed E-state index contributed by atoms with van der Waals surface area (Å²) in [5.74, 6) is -0.518. The summed E-state index contributed by atoms with van der Waals surface area (Å²) < 4.78 is 0. The highest BCUT2D eigenvalue weighted by Crippen LogP contribution is 2.37. The van der Waals surface area contributed by atoms with Crippen molar-refractivity contribution in [3.63, 3.8) is 0 Å². The molecule has 0 atom stereocenters. The second-order valence-electron chi connectivity index (χ2n) is 6.01. The van der Waals surface area contributed by atoms with E-state index in [2.05, 4.69) is 12.2 Å². The van der Waals surface area contributed by atoms with Gasteiger partial charge in [-0.1, -0.05) is 37.8 Å². The molecular weight excluding hydrogens is 274 g/mol. The van der Waals surface area contributed by atoms with Crippen LogP contribution < -0.4 is 16.8 Å². The van der Waals surface area contributed by atoms with Gasteiger partial charge in [-0.05, 0) is 30.4 Å². The first-order valence-electron chi connectivity index (χ1n) is 7.04. The molecule has 5 heteroatoms. The van der Waals surface area contributed by atoms with Crippen molar-refractivity contribution in [2.75, 3.05) is 17.6 Å². The van der Waals surface area contributed by atoms with E-state index in [9.17, 15) is 4.79 Å². The van der Waals surface area contributed by atoms with E-state index in [0.29, 0.717) is 22.0 Å². The van der Waals surface area contributed by atoms with Crippen molar-refractivity contribution in [3.05, 3.63) is 22.7 Å². The first kappa shape index (κ1) is 15.0. The lowest BCUT2D eigenvalue weighted by Gasteiger charge is -2.34. The molecule has 0 aliphatic heterocycles. The van der Waals surface area contributed by atoms with Crippen LogP contribution in [0.3, 0.4) is 0 Å². The average Bonchev–Trinajstić information content (AvgIpc) is 2.37. The first-order valence-corrected chi connectivity index (χ1v) is 7.42. The van der Waals surface area contributed by atoms with Crippen LogP contribution in [0.5, 0.6) is 0 Å². The van der Waals surface area contributed by atoms with E-state index >= 15 is 0 Å². The van der Waals surface area contributed by atoms with E-state index in [1.807, 2.05) is 0 Å². The Morgan fingerprint density at radius 1 is 1.35 bits per heavy atom. The Morgan fingerprint density at radius 2 is 2.00 bits per heavy atom. The molecule has 1 fully saturated rings. The minimum Gasteiger partial charge on any atom is -0.399 e. The lowest BCUT2D eigenvalue weighted by atomic mass is 9.75. The zero-order valence-electron chi connectivity index (χ0n) is 11.8. The molecule has 1 amide bonds. The summed E-state index contributed by atoms with van der Waals surface area (Å²) in [6, 6.07) is 3.21. The SMILES string of the molecule is CC1(CNc2c(Cl)cc(N)cc2C(N)=O)CCCCC1. The van der Waals surface area contributed by atoms with Gasteiger partial charge in [-0.15, -0.1) is 0 Å². The molecular formula is C15H22ClN3O. The summed E-state index contributed by atoms with van der Waals surface area (Å²) in [4.78, 5) is 11.5. The zero-order chi connectivity index (χ0) is 14.8. The third-order valence-corrected chi connectivity index (χ3v) is 4.43. The molecule has 110 valence electrons. The summed E-state index contributed by atoms with van der Waals surface area (Å²) >= 11 is 6.19. The number of nitrogen functional groups attached to an aromatic ring is 1. The molecule has 0 aromatic heterocycles. The Labute approximate surface area is 124 Å². The van der Waals surface area contributed by atoms with Crippen LogP contribution in [0, 0.1) is 5.41 Å². The molecule has 1 aromatic rings. The van der Waals surface area contributed by atoms with Gasteiger partial charge in [0.15, 0.2) is 0 Å². The van der Waals surface area contributed by atoms with Crippen LogP contribution >= 0.6 is 11.6 Å². The van der Waals surface area contributed by atoms with Gasteiger partial charge in [0.2, 0.25) is 0 Å². The minimum atomic E-state index is -0.518. The van der Waals surface area contributed by atoms with Crippen molar-refractivity contribution < 1.29 is 4.79 Å². The maximum absolute atomic E-state index is 11.5. The molecule has 1 aromatic carbocycles. The number of hydrogen-bond donors (Lipinski definition) is 3. The Bertz CT molecular complexity index is 510. The standard InChI is InChI=1S/C15H22ClN3O/c1-15(5-3-2-4-6-15)9-19-13-11(14(18)20)7-10(17)8-12(13)16/h7-8,19H,2-6,9,17H2,1H3,(H2,18,20). The minimum absolute atomic E-state index is 0.248. The van der Waals surface area contributed by atoms with Gasteiger partial charge in [0.25, 0.3) is 5.91 Å². The lowest BCUT2D eigenvalue weighted by Crippen LogP contribution is -2.29. The van der Waals surface area contributed by atoms with Crippen LogP contribution in [0.4, 0.5) is 11.4 Å². The number of amides is 1. The molecule has 5 N–H and O–H groups in total. The highest BCUT2D eigenvalue weighted by Gasteiger charge is 2.27. The maximum atomic E-state index is 11.5. The molecule has 0 heterocycles. The summed E-state index contributed by atoms with van der Waals surface area (Å²) in [5.41, 5.74) is 12.8. The summed E-state index contributed by atoms with van der Waals surface area (Å²) in [6.45, 7) is 3.06. The topological polar surface area (TPSA) is 81.1 Å². The molecule has 1 aliphatic rings. The van der Waals surface area contributed by atoms with Gasteiger partial charge in [-0.3, -0.25) is 4.79 Å². The number of primary amides is 1. The number of nitrogens with two attached hydrogens (primary N) is 2. The molecule has 1 aliphatic carbocycles.